The van der Waals surface area contributed by atoms with Crippen molar-refractivity contribution in [2.24, 2.45) is 0 Å². The molecule has 0 fully saturated rings. The van der Waals surface area contributed by atoms with Gasteiger partial charge in [-0.2, -0.15) is 0 Å². The third-order valence-corrected chi connectivity index (χ3v) is 3.43. The molecule has 1 amide bonds. The van der Waals surface area contributed by atoms with Crippen molar-refractivity contribution in [1.82, 2.24) is 5.32 Å². The molecule has 0 radical (unpaired) electrons. The van der Waals surface area contributed by atoms with Crippen LogP contribution in [0.25, 0.3) is 10.8 Å². The highest BCUT2D eigenvalue weighted by atomic mass is 16.4. The molecule has 2 aromatic rings. The minimum Gasteiger partial charge on any atom is -0.480 e. The van der Waals surface area contributed by atoms with E-state index in [1.54, 1.807) is 0 Å². The van der Waals surface area contributed by atoms with Gasteiger partial charge < -0.3 is 10.4 Å². The number of aliphatic carboxylic acids is 1. The molecule has 108 valence electrons. The third kappa shape index (κ3) is 3.28. The molecule has 2 N–H and O–H groups in total. The number of benzene rings is 2. The van der Waals surface area contributed by atoms with Crippen molar-refractivity contribution in [3.63, 3.8) is 0 Å². The molecule has 0 aromatic heterocycles. The van der Waals surface area contributed by atoms with E-state index in [0.29, 0.717) is 0 Å². The average Bonchev–Trinajstić information content (AvgIpc) is 2.46. The molecule has 0 bridgehead atoms. The SMILES string of the molecule is C=CC(=O)N[C@](C)(Cc1ccc2ccccc2c1)C(=O)O. The normalized spacial score (nSPS) is 13.4. The molecule has 0 aliphatic carbocycles. The molecule has 4 heteroatoms. The second-order valence-corrected chi connectivity index (χ2v) is 5.19. The maximum atomic E-state index is 11.5. The molecule has 0 aliphatic heterocycles. The van der Waals surface area contributed by atoms with Crippen molar-refractivity contribution in [2.75, 3.05) is 0 Å². The van der Waals surface area contributed by atoms with Crippen molar-refractivity contribution in [2.45, 2.75) is 18.9 Å². The summed E-state index contributed by atoms with van der Waals surface area (Å²) in [5.74, 6) is -1.58. The van der Waals surface area contributed by atoms with Crippen LogP contribution in [-0.2, 0) is 16.0 Å². The van der Waals surface area contributed by atoms with Gasteiger partial charge in [0, 0.05) is 6.42 Å². The monoisotopic (exact) mass is 283 g/mol. The highest BCUT2D eigenvalue weighted by Crippen LogP contribution is 2.20. The van der Waals surface area contributed by atoms with E-state index in [4.69, 9.17) is 0 Å². The van der Waals surface area contributed by atoms with Crippen LogP contribution in [0.15, 0.2) is 55.1 Å². The Labute approximate surface area is 123 Å². The van der Waals surface area contributed by atoms with Gasteiger partial charge >= 0.3 is 5.97 Å². The first-order valence-electron chi connectivity index (χ1n) is 6.60. The summed E-state index contributed by atoms with van der Waals surface area (Å²) in [6, 6.07) is 13.6. The first-order valence-corrected chi connectivity index (χ1v) is 6.60. The van der Waals surface area contributed by atoms with Crippen LogP contribution < -0.4 is 5.32 Å². The lowest BCUT2D eigenvalue weighted by Crippen LogP contribution is -2.53. The molecule has 0 saturated heterocycles. The van der Waals surface area contributed by atoms with E-state index in [1.165, 1.54) is 6.92 Å². The maximum Gasteiger partial charge on any atom is 0.329 e. The minimum atomic E-state index is -1.37. The van der Waals surface area contributed by atoms with Gasteiger partial charge in [0.1, 0.15) is 5.54 Å². The van der Waals surface area contributed by atoms with Crippen LogP contribution in [0.2, 0.25) is 0 Å². The molecule has 1 atom stereocenters. The van der Waals surface area contributed by atoms with E-state index in [9.17, 15) is 14.7 Å². The van der Waals surface area contributed by atoms with Crippen LogP contribution in [0.1, 0.15) is 12.5 Å². The summed E-state index contributed by atoms with van der Waals surface area (Å²) in [5, 5.41) is 14.0. The summed E-state index contributed by atoms with van der Waals surface area (Å²) in [5.41, 5.74) is -0.517. The fraction of sp³-hybridized carbons (Fsp3) is 0.176. The van der Waals surface area contributed by atoms with E-state index < -0.39 is 17.4 Å². The molecular formula is C17H17NO3. The van der Waals surface area contributed by atoms with E-state index in [-0.39, 0.29) is 6.42 Å². The molecule has 0 aliphatic rings. The van der Waals surface area contributed by atoms with Crippen LogP contribution in [0.4, 0.5) is 0 Å². The molecule has 0 spiro atoms. The van der Waals surface area contributed by atoms with Crippen molar-refractivity contribution >= 4 is 22.6 Å². The zero-order valence-electron chi connectivity index (χ0n) is 11.8. The summed E-state index contributed by atoms with van der Waals surface area (Å²) in [6.07, 6.45) is 1.27. The molecule has 2 rings (SSSR count). The minimum absolute atomic E-state index is 0.201. The van der Waals surface area contributed by atoms with Crippen molar-refractivity contribution < 1.29 is 14.7 Å². The van der Waals surface area contributed by atoms with Crippen LogP contribution in [-0.4, -0.2) is 22.5 Å². The number of amides is 1. The van der Waals surface area contributed by atoms with Crippen LogP contribution in [0, 0.1) is 0 Å². The van der Waals surface area contributed by atoms with Crippen LogP contribution in [0.5, 0.6) is 0 Å². The summed E-state index contributed by atoms with van der Waals surface area (Å²) in [4.78, 5) is 22.9. The summed E-state index contributed by atoms with van der Waals surface area (Å²) < 4.78 is 0. The summed E-state index contributed by atoms with van der Waals surface area (Å²) in [6.45, 7) is 4.84. The maximum absolute atomic E-state index is 11.5. The zero-order valence-corrected chi connectivity index (χ0v) is 11.8. The molecule has 4 nitrogen and oxygen atoms in total. The Balaban J connectivity index is 2.32. The molecule has 0 unspecified atom stereocenters. The zero-order chi connectivity index (χ0) is 15.5. The fourth-order valence-electron chi connectivity index (χ4n) is 2.25. The van der Waals surface area contributed by atoms with Crippen molar-refractivity contribution in [3.05, 3.63) is 60.7 Å². The van der Waals surface area contributed by atoms with Gasteiger partial charge in [0.05, 0.1) is 0 Å². The molecule has 0 heterocycles. The Morgan fingerprint density at radius 2 is 1.90 bits per heavy atom. The molecule has 0 saturated carbocycles. The van der Waals surface area contributed by atoms with Crippen molar-refractivity contribution in [3.8, 4) is 0 Å². The van der Waals surface area contributed by atoms with Gasteiger partial charge in [-0.1, -0.05) is 49.0 Å². The topological polar surface area (TPSA) is 66.4 Å². The second-order valence-electron chi connectivity index (χ2n) is 5.19. The number of carbonyl (C=O) groups is 2. The number of hydrogen-bond donors (Lipinski definition) is 2. The van der Waals surface area contributed by atoms with Crippen LogP contribution >= 0.6 is 0 Å². The number of carbonyl (C=O) groups excluding carboxylic acids is 1. The lowest BCUT2D eigenvalue weighted by molar-refractivity contribution is -0.146. The van der Waals surface area contributed by atoms with Gasteiger partial charge in [0.15, 0.2) is 0 Å². The van der Waals surface area contributed by atoms with E-state index in [1.807, 2.05) is 42.5 Å². The number of carboxylic acids is 1. The lowest BCUT2D eigenvalue weighted by atomic mass is 9.91. The number of fused-ring (bicyclic) bond motifs is 1. The number of nitrogens with one attached hydrogen (secondary N) is 1. The highest BCUT2D eigenvalue weighted by Gasteiger charge is 2.34. The summed E-state index contributed by atoms with van der Waals surface area (Å²) >= 11 is 0. The Morgan fingerprint density at radius 3 is 2.52 bits per heavy atom. The van der Waals surface area contributed by atoms with Gasteiger partial charge in [0.25, 0.3) is 0 Å². The van der Waals surface area contributed by atoms with Gasteiger partial charge in [0.2, 0.25) is 5.91 Å². The number of rotatable bonds is 5. The van der Waals surface area contributed by atoms with Gasteiger partial charge in [-0.25, -0.2) is 4.79 Å². The van der Waals surface area contributed by atoms with E-state index >= 15 is 0 Å². The van der Waals surface area contributed by atoms with E-state index in [0.717, 1.165) is 22.4 Å². The lowest BCUT2D eigenvalue weighted by Gasteiger charge is -2.26. The number of hydrogen-bond acceptors (Lipinski definition) is 2. The Hall–Kier alpha value is -2.62. The van der Waals surface area contributed by atoms with Crippen LogP contribution in [0.3, 0.4) is 0 Å². The van der Waals surface area contributed by atoms with Gasteiger partial charge in [-0.3, -0.25) is 4.79 Å². The Bertz CT molecular complexity index is 708. The molecule has 21 heavy (non-hydrogen) atoms. The summed E-state index contributed by atoms with van der Waals surface area (Å²) in [7, 11) is 0. The fourth-order valence-corrected chi connectivity index (χ4v) is 2.25. The van der Waals surface area contributed by atoms with Crippen molar-refractivity contribution in [1.29, 1.82) is 0 Å². The average molecular weight is 283 g/mol. The predicted molar refractivity (Wildman–Crippen MR) is 82.0 cm³/mol. The Kier molecular flexibility index (Phi) is 4.08. The molecular weight excluding hydrogens is 266 g/mol. The predicted octanol–water partition coefficient (Wildman–Crippen LogP) is 2.53. The first kappa shape index (κ1) is 14.8. The van der Waals surface area contributed by atoms with E-state index in [2.05, 4.69) is 11.9 Å². The van der Waals surface area contributed by atoms with Gasteiger partial charge in [-0.05, 0) is 29.3 Å². The number of carboxylic acid groups (broad SMARTS) is 1. The van der Waals surface area contributed by atoms with Gasteiger partial charge in [-0.15, -0.1) is 0 Å². The third-order valence-electron chi connectivity index (χ3n) is 3.43. The highest BCUT2D eigenvalue weighted by molar-refractivity contribution is 5.92. The smallest absolute Gasteiger partial charge is 0.329 e. The standard InChI is InChI=1S/C17H17NO3/c1-3-15(19)18-17(2,16(20)21)11-12-8-9-13-6-4-5-7-14(13)10-12/h3-10H,1,11H2,2H3,(H,18,19)(H,20,21)/t17-/m1/s1. The second kappa shape index (κ2) is 5.79. The first-order chi connectivity index (χ1) is 9.94. The largest absolute Gasteiger partial charge is 0.480 e. The molecule has 2 aromatic carbocycles. The quantitative estimate of drug-likeness (QED) is 0.829. The Morgan fingerprint density at radius 1 is 1.24 bits per heavy atom.